The van der Waals surface area contributed by atoms with E-state index in [1.54, 1.807) is 24.3 Å². The minimum atomic E-state index is -0.375. The SMILES string of the molecule is CC(Nc1cc(C#N)ccc1Cl)c1ccc(F)cn1. The van der Waals surface area contributed by atoms with Crippen molar-refractivity contribution in [3.8, 4) is 6.07 Å². The lowest BCUT2D eigenvalue weighted by molar-refractivity contribution is 0.617. The van der Waals surface area contributed by atoms with Gasteiger partial charge in [-0.2, -0.15) is 5.26 Å². The van der Waals surface area contributed by atoms with Crippen LogP contribution >= 0.6 is 11.6 Å². The van der Waals surface area contributed by atoms with Gasteiger partial charge in [-0.25, -0.2) is 4.39 Å². The molecule has 2 rings (SSSR count). The van der Waals surface area contributed by atoms with Crippen LogP contribution in [0.2, 0.25) is 5.02 Å². The van der Waals surface area contributed by atoms with Gasteiger partial charge in [-0.15, -0.1) is 0 Å². The number of nitrogens with one attached hydrogen (secondary N) is 1. The molecule has 0 saturated carbocycles. The lowest BCUT2D eigenvalue weighted by Gasteiger charge is -2.16. The molecule has 5 heteroatoms. The number of hydrogen-bond donors (Lipinski definition) is 1. The molecule has 0 radical (unpaired) electrons. The van der Waals surface area contributed by atoms with E-state index in [4.69, 9.17) is 16.9 Å². The van der Waals surface area contributed by atoms with E-state index < -0.39 is 0 Å². The molecule has 2 aromatic rings. The fourth-order valence-corrected chi connectivity index (χ4v) is 1.83. The van der Waals surface area contributed by atoms with Gasteiger partial charge in [0.25, 0.3) is 0 Å². The van der Waals surface area contributed by atoms with E-state index in [1.807, 2.05) is 6.92 Å². The molecular formula is C14H11ClFN3. The van der Waals surface area contributed by atoms with Crippen LogP contribution in [-0.2, 0) is 0 Å². The van der Waals surface area contributed by atoms with Crippen molar-refractivity contribution in [2.75, 3.05) is 5.32 Å². The first-order valence-corrected chi connectivity index (χ1v) is 6.05. The van der Waals surface area contributed by atoms with Crippen LogP contribution in [0, 0.1) is 17.1 Å². The number of rotatable bonds is 3. The second kappa shape index (κ2) is 5.68. The Hall–Kier alpha value is -2.12. The van der Waals surface area contributed by atoms with E-state index in [0.717, 1.165) is 0 Å². The maximum absolute atomic E-state index is 12.8. The largest absolute Gasteiger partial charge is 0.376 e. The Morgan fingerprint density at radius 1 is 1.37 bits per heavy atom. The molecule has 0 saturated heterocycles. The molecule has 0 spiro atoms. The molecule has 0 aliphatic heterocycles. The van der Waals surface area contributed by atoms with E-state index >= 15 is 0 Å². The summed E-state index contributed by atoms with van der Waals surface area (Å²) >= 11 is 6.06. The van der Waals surface area contributed by atoms with E-state index in [1.165, 1.54) is 12.3 Å². The molecule has 0 aliphatic carbocycles. The molecule has 1 N–H and O–H groups in total. The predicted octanol–water partition coefficient (Wildman–Crippen LogP) is 3.92. The van der Waals surface area contributed by atoms with Crippen LogP contribution < -0.4 is 5.32 Å². The summed E-state index contributed by atoms with van der Waals surface area (Å²) < 4.78 is 12.8. The van der Waals surface area contributed by atoms with Crippen LogP contribution in [0.15, 0.2) is 36.5 Å². The summed E-state index contributed by atoms with van der Waals surface area (Å²) in [5, 5.41) is 12.5. The summed E-state index contributed by atoms with van der Waals surface area (Å²) in [7, 11) is 0. The van der Waals surface area contributed by atoms with Crippen LogP contribution in [0.5, 0.6) is 0 Å². The third kappa shape index (κ3) is 3.21. The summed E-state index contributed by atoms with van der Waals surface area (Å²) in [4.78, 5) is 4.00. The van der Waals surface area contributed by atoms with Gasteiger partial charge < -0.3 is 5.32 Å². The Balaban J connectivity index is 2.21. The highest BCUT2D eigenvalue weighted by Crippen LogP contribution is 2.26. The number of aromatic nitrogens is 1. The monoisotopic (exact) mass is 275 g/mol. The van der Waals surface area contributed by atoms with Crippen molar-refractivity contribution in [2.24, 2.45) is 0 Å². The number of anilines is 1. The van der Waals surface area contributed by atoms with Gasteiger partial charge >= 0.3 is 0 Å². The molecule has 0 aliphatic rings. The van der Waals surface area contributed by atoms with Crippen LogP contribution in [0.1, 0.15) is 24.2 Å². The summed E-state index contributed by atoms with van der Waals surface area (Å²) in [6.45, 7) is 1.88. The Morgan fingerprint density at radius 3 is 2.79 bits per heavy atom. The van der Waals surface area contributed by atoms with Crippen molar-refractivity contribution in [2.45, 2.75) is 13.0 Å². The van der Waals surface area contributed by atoms with Crippen LogP contribution in [0.3, 0.4) is 0 Å². The number of nitriles is 1. The zero-order valence-corrected chi connectivity index (χ0v) is 10.9. The smallest absolute Gasteiger partial charge is 0.141 e. The van der Waals surface area contributed by atoms with Crippen LogP contribution in [0.25, 0.3) is 0 Å². The topological polar surface area (TPSA) is 48.7 Å². The Labute approximate surface area is 115 Å². The van der Waals surface area contributed by atoms with E-state index in [-0.39, 0.29) is 11.9 Å². The second-order valence-electron chi connectivity index (χ2n) is 4.07. The number of halogens is 2. The molecule has 1 heterocycles. The molecule has 1 atom stereocenters. The van der Waals surface area contributed by atoms with E-state index in [2.05, 4.69) is 16.4 Å². The number of hydrogen-bond acceptors (Lipinski definition) is 3. The Bertz CT molecular complexity index is 620. The zero-order chi connectivity index (χ0) is 13.8. The summed E-state index contributed by atoms with van der Waals surface area (Å²) in [5.41, 5.74) is 1.87. The van der Waals surface area contributed by atoms with Gasteiger partial charge in [-0.3, -0.25) is 4.98 Å². The maximum atomic E-state index is 12.8. The molecule has 1 aromatic heterocycles. The minimum Gasteiger partial charge on any atom is -0.376 e. The molecular weight excluding hydrogens is 265 g/mol. The van der Waals surface area contributed by atoms with Gasteiger partial charge in [-0.1, -0.05) is 11.6 Å². The van der Waals surface area contributed by atoms with Crippen LogP contribution in [0.4, 0.5) is 10.1 Å². The maximum Gasteiger partial charge on any atom is 0.141 e. The molecule has 0 bridgehead atoms. The van der Waals surface area contributed by atoms with Crippen molar-refractivity contribution in [1.29, 1.82) is 5.26 Å². The molecule has 96 valence electrons. The highest BCUT2D eigenvalue weighted by atomic mass is 35.5. The molecule has 0 amide bonds. The highest BCUT2D eigenvalue weighted by Gasteiger charge is 2.09. The minimum absolute atomic E-state index is 0.146. The van der Waals surface area contributed by atoms with Gasteiger partial charge in [0, 0.05) is 0 Å². The quantitative estimate of drug-likeness (QED) is 0.924. The normalized spacial score (nSPS) is 11.7. The number of pyridine rings is 1. The van der Waals surface area contributed by atoms with E-state index in [9.17, 15) is 4.39 Å². The molecule has 1 unspecified atom stereocenters. The van der Waals surface area contributed by atoms with Crippen molar-refractivity contribution in [3.63, 3.8) is 0 Å². The van der Waals surface area contributed by atoms with Gasteiger partial charge in [-0.05, 0) is 37.3 Å². The fourth-order valence-electron chi connectivity index (χ4n) is 1.66. The lowest BCUT2D eigenvalue weighted by Crippen LogP contribution is -2.09. The summed E-state index contributed by atoms with van der Waals surface area (Å²) in [6.07, 6.45) is 1.17. The Kier molecular flexibility index (Phi) is 3.98. The molecule has 19 heavy (non-hydrogen) atoms. The number of benzene rings is 1. The molecule has 3 nitrogen and oxygen atoms in total. The van der Waals surface area contributed by atoms with Crippen molar-refractivity contribution in [3.05, 3.63) is 58.6 Å². The Morgan fingerprint density at radius 2 is 2.16 bits per heavy atom. The van der Waals surface area contributed by atoms with Gasteiger partial charge in [0.2, 0.25) is 0 Å². The predicted molar refractivity (Wildman–Crippen MR) is 72.4 cm³/mol. The molecule has 1 aromatic carbocycles. The van der Waals surface area contributed by atoms with Crippen molar-refractivity contribution in [1.82, 2.24) is 4.98 Å². The fraction of sp³-hybridized carbons (Fsp3) is 0.143. The lowest BCUT2D eigenvalue weighted by atomic mass is 10.1. The molecule has 0 fully saturated rings. The van der Waals surface area contributed by atoms with Crippen LogP contribution in [-0.4, -0.2) is 4.98 Å². The second-order valence-corrected chi connectivity index (χ2v) is 4.48. The highest BCUT2D eigenvalue weighted by molar-refractivity contribution is 6.33. The zero-order valence-electron chi connectivity index (χ0n) is 10.2. The third-order valence-corrected chi connectivity index (χ3v) is 2.99. The standard InChI is InChI=1S/C14H11ClFN3/c1-9(13-5-3-11(16)8-18-13)19-14-6-10(7-17)2-4-12(14)15/h2-6,8-9,19H,1H3. The first kappa shape index (κ1) is 13.3. The van der Waals surface area contributed by atoms with Gasteiger partial charge in [0.05, 0.1) is 40.3 Å². The summed E-state index contributed by atoms with van der Waals surface area (Å²) in [5.74, 6) is -0.375. The van der Waals surface area contributed by atoms with Crippen molar-refractivity contribution < 1.29 is 4.39 Å². The first-order chi connectivity index (χ1) is 9.10. The average molecular weight is 276 g/mol. The van der Waals surface area contributed by atoms with Gasteiger partial charge in [0.1, 0.15) is 5.82 Å². The average Bonchev–Trinajstić information content (AvgIpc) is 2.42. The summed E-state index contributed by atoms with van der Waals surface area (Å²) in [6, 6.07) is 9.84. The third-order valence-electron chi connectivity index (χ3n) is 2.66. The van der Waals surface area contributed by atoms with Gasteiger partial charge in [0.15, 0.2) is 0 Å². The number of nitrogens with zero attached hydrogens (tertiary/aromatic N) is 2. The first-order valence-electron chi connectivity index (χ1n) is 5.68. The van der Waals surface area contributed by atoms with E-state index in [0.29, 0.717) is 22.0 Å². The van der Waals surface area contributed by atoms with Crippen molar-refractivity contribution >= 4 is 17.3 Å².